The zero-order chi connectivity index (χ0) is 23.0. The molecule has 1 fully saturated rings. The molecule has 10 heteroatoms. The molecule has 0 atom stereocenters. The molecule has 0 aromatic heterocycles. The van der Waals surface area contributed by atoms with Crippen LogP contribution in [0.4, 0.5) is 17.6 Å². The summed E-state index contributed by atoms with van der Waals surface area (Å²) < 4.78 is 77.9. The second kappa shape index (κ2) is 8.43. The van der Waals surface area contributed by atoms with Crippen LogP contribution in [0.3, 0.4) is 0 Å². The molecule has 3 rings (SSSR count). The third-order valence-corrected chi connectivity index (χ3v) is 8.11. The van der Waals surface area contributed by atoms with Gasteiger partial charge in [0.1, 0.15) is 5.82 Å². The molecule has 0 saturated heterocycles. The van der Waals surface area contributed by atoms with E-state index in [1.165, 1.54) is 18.2 Å². The number of alkyl halides is 3. The molecule has 0 unspecified atom stereocenters. The highest BCUT2D eigenvalue weighted by atomic mass is 35.5. The molecule has 2 aromatic carbocycles. The van der Waals surface area contributed by atoms with Crippen LogP contribution in [0.2, 0.25) is 5.02 Å². The number of halogens is 5. The van der Waals surface area contributed by atoms with E-state index in [1.54, 1.807) is 6.92 Å². The molecular weight excluding hydrogens is 458 g/mol. The van der Waals surface area contributed by atoms with Gasteiger partial charge in [0.15, 0.2) is 9.84 Å². The van der Waals surface area contributed by atoms with E-state index in [4.69, 9.17) is 11.6 Å². The summed E-state index contributed by atoms with van der Waals surface area (Å²) in [5.74, 6) is -1.12. The Labute approximate surface area is 182 Å². The Kier molecular flexibility index (Phi) is 6.40. The lowest BCUT2D eigenvalue weighted by molar-refractivity contribution is -0.137. The molecule has 1 saturated carbocycles. The maximum Gasteiger partial charge on any atom is 0.416 e. The number of sulfone groups is 1. The van der Waals surface area contributed by atoms with E-state index in [0.29, 0.717) is 18.9 Å². The summed E-state index contributed by atoms with van der Waals surface area (Å²) in [5.41, 5.74) is -1.55. The van der Waals surface area contributed by atoms with Crippen molar-refractivity contribution in [3.8, 4) is 0 Å². The number of nitrogens with one attached hydrogen (secondary N) is 1. The fourth-order valence-corrected chi connectivity index (χ4v) is 5.67. The van der Waals surface area contributed by atoms with Gasteiger partial charge in [-0.3, -0.25) is 4.79 Å². The zero-order valence-electron chi connectivity index (χ0n) is 16.5. The van der Waals surface area contributed by atoms with Crippen LogP contribution < -0.4 is 5.32 Å². The minimum absolute atomic E-state index is 0.173. The molecule has 4 nitrogen and oxygen atoms in total. The first-order chi connectivity index (χ1) is 14.3. The van der Waals surface area contributed by atoms with E-state index in [0.717, 1.165) is 18.2 Å². The maximum atomic E-state index is 13.3. The van der Waals surface area contributed by atoms with Crippen molar-refractivity contribution in [2.45, 2.75) is 54.5 Å². The molecule has 1 amide bonds. The predicted molar refractivity (Wildman–Crippen MR) is 108 cm³/mol. The Hall–Kier alpha value is -2.13. The van der Waals surface area contributed by atoms with Gasteiger partial charge in [0.2, 0.25) is 0 Å². The van der Waals surface area contributed by atoms with Gasteiger partial charge >= 0.3 is 6.18 Å². The monoisotopic (exact) mass is 477 g/mol. The van der Waals surface area contributed by atoms with Gasteiger partial charge in [-0.25, -0.2) is 12.8 Å². The van der Waals surface area contributed by atoms with E-state index in [-0.39, 0.29) is 28.3 Å². The SMILES string of the molecule is CC1(NC(=O)c2ccc(F)c(Cl)c2)CCC(S(=O)(=O)c2cccc(C(F)(F)F)c2)CC1. The summed E-state index contributed by atoms with van der Waals surface area (Å²) in [5, 5.41) is 1.80. The normalized spacial score (nSPS) is 22.2. The molecule has 1 N–H and O–H groups in total. The first-order valence-electron chi connectivity index (χ1n) is 9.51. The van der Waals surface area contributed by atoms with Crippen molar-refractivity contribution in [3.05, 3.63) is 64.4 Å². The van der Waals surface area contributed by atoms with E-state index in [2.05, 4.69) is 5.32 Å². The van der Waals surface area contributed by atoms with Crippen molar-refractivity contribution in [2.24, 2.45) is 0 Å². The fraction of sp³-hybridized carbons (Fsp3) is 0.381. The summed E-state index contributed by atoms with van der Waals surface area (Å²) in [6, 6.07) is 7.31. The lowest BCUT2D eigenvalue weighted by Gasteiger charge is -2.37. The van der Waals surface area contributed by atoms with Gasteiger partial charge in [-0.1, -0.05) is 17.7 Å². The summed E-state index contributed by atoms with van der Waals surface area (Å²) in [6.45, 7) is 1.77. The molecule has 168 valence electrons. The fourth-order valence-electron chi connectivity index (χ4n) is 3.69. The van der Waals surface area contributed by atoms with Crippen LogP contribution in [0, 0.1) is 5.82 Å². The van der Waals surface area contributed by atoms with Crippen molar-refractivity contribution < 1.29 is 30.8 Å². The van der Waals surface area contributed by atoms with Crippen LogP contribution in [0.5, 0.6) is 0 Å². The standard InChI is InChI=1S/C21H20ClF4NO3S/c1-20(27-19(28)13-5-6-18(23)17(22)11-13)9-7-15(8-10-20)31(29,30)16-4-2-3-14(12-16)21(24,25)26/h2-6,11-12,15H,7-10H2,1H3,(H,27,28). The van der Waals surface area contributed by atoms with Gasteiger partial charge in [-0.15, -0.1) is 0 Å². The largest absolute Gasteiger partial charge is 0.416 e. The van der Waals surface area contributed by atoms with Crippen molar-refractivity contribution >= 4 is 27.3 Å². The zero-order valence-corrected chi connectivity index (χ0v) is 18.0. The van der Waals surface area contributed by atoms with Gasteiger partial charge in [0, 0.05) is 11.1 Å². The minimum Gasteiger partial charge on any atom is -0.347 e. The van der Waals surface area contributed by atoms with Crippen LogP contribution in [0.15, 0.2) is 47.4 Å². The summed E-state index contributed by atoms with van der Waals surface area (Å²) in [7, 11) is -3.96. The summed E-state index contributed by atoms with van der Waals surface area (Å²) >= 11 is 5.71. The Bertz CT molecular complexity index is 1090. The highest BCUT2D eigenvalue weighted by Crippen LogP contribution is 2.36. The second-order valence-electron chi connectivity index (χ2n) is 7.91. The molecule has 1 aliphatic rings. The molecule has 1 aliphatic carbocycles. The van der Waals surface area contributed by atoms with Crippen LogP contribution in [-0.4, -0.2) is 25.1 Å². The van der Waals surface area contributed by atoms with Crippen LogP contribution in [0.25, 0.3) is 0 Å². The predicted octanol–water partition coefficient (Wildman–Crippen LogP) is 5.40. The smallest absolute Gasteiger partial charge is 0.347 e. The summed E-state index contributed by atoms with van der Waals surface area (Å²) in [4.78, 5) is 12.1. The van der Waals surface area contributed by atoms with E-state index >= 15 is 0 Å². The lowest BCUT2D eigenvalue weighted by Crippen LogP contribution is -2.49. The number of amides is 1. The van der Waals surface area contributed by atoms with Crippen molar-refractivity contribution in [3.63, 3.8) is 0 Å². The Morgan fingerprint density at radius 2 is 1.77 bits per heavy atom. The van der Waals surface area contributed by atoms with Gasteiger partial charge in [-0.2, -0.15) is 13.2 Å². The Morgan fingerprint density at radius 1 is 1.13 bits per heavy atom. The molecule has 2 aromatic rings. The molecule has 0 bridgehead atoms. The number of rotatable bonds is 4. The molecule has 0 heterocycles. The minimum atomic E-state index is -4.63. The number of hydrogen-bond donors (Lipinski definition) is 1. The van der Waals surface area contributed by atoms with Crippen molar-refractivity contribution in [2.75, 3.05) is 0 Å². The quantitative estimate of drug-likeness (QED) is 0.599. The molecule has 0 spiro atoms. The number of carbonyl (C=O) groups is 1. The third kappa shape index (κ3) is 5.20. The number of benzene rings is 2. The highest BCUT2D eigenvalue weighted by molar-refractivity contribution is 7.92. The van der Waals surface area contributed by atoms with Crippen LogP contribution in [-0.2, 0) is 16.0 Å². The van der Waals surface area contributed by atoms with Crippen LogP contribution in [0.1, 0.15) is 48.5 Å². The van der Waals surface area contributed by atoms with Crippen LogP contribution >= 0.6 is 11.6 Å². The van der Waals surface area contributed by atoms with Gasteiger partial charge in [0.25, 0.3) is 5.91 Å². The maximum absolute atomic E-state index is 13.3. The molecule has 0 radical (unpaired) electrons. The average molecular weight is 478 g/mol. The van der Waals surface area contributed by atoms with Crippen molar-refractivity contribution in [1.82, 2.24) is 5.32 Å². The molecule has 31 heavy (non-hydrogen) atoms. The third-order valence-electron chi connectivity index (χ3n) is 5.56. The number of carbonyl (C=O) groups excluding carboxylic acids is 1. The topological polar surface area (TPSA) is 63.2 Å². The highest BCUT2D eigenvalue weighted by Gasteiger charge is 2.39. The van der Waals surface area contributed by atoms with Gasteiger partial charge < -0.3 is 5.32 Å². The Balaban J connectivity index is 1.70. The molecular formula is C21H20ClF4NO3S. The Morgan fingerprint density at radius 3 is 2.35 bits per heavy atom. The number of hydrogen-bond acceptors (Lipinski definition) is 3. The van der Waals surface area contributed by atoms with Crippen molar-refractivity contribution in [1.29, 1.82) is 0 Å². The van der Waals surface area contributed by atoms with E-state index in [9.17, 15) is 30.8 Å². The summed E-state index contributed by atoms with van der Waals surface area (Å²) in [6.07, 6.45) is -3.64. The first-order valence-corrected chi connectivity index (χ1v) is 11.4. The van der Waals surface area contributed by atoms with Gasteiger partial charge in [0.05, 0.1) is 20.7 Å². The molecule has 0 aliphatic heterocycles. The first kappa shape index (κ1) is 23.5. The van der Waals surface area contributed by atoms with Gasteiger partial charge in [-0.05, 0) is 69.0 Å². The lowest BCUT2D eigenvalue weighted by atomic mass is 9.83. The van der Waals surface area contributed by atoms with E-state index < -0.39 is 44.1 Å². The average Bonchev–Trinajstić information content (AvgIpc) is 2.69. The van der Waals surface area contributed by atoms with E-state index in [1.807, 2.05) is 0 Å². The second-order valence-corrected chi connectivity index (χ2v) is 10.5.